The van der Waals surface area contributed by atoms with Crippen molar-refractivity contribution < 1.29 is 54.9 Å². The summed E-state index contributed by atoms with van der Waals surface area (Å²) in [4.78, 5) is 34.3. The normalized spacial score (nSPS) is 21.4. The summed E-state index contributed by atoms with van der Waals surface area (Å²) in [6.45, 7) is 5.62. The van der Waals surface area contributed by atoms with Gasteiger partial charge < -0.3 is 15.8 Å². The number of urea groups is 1. The van der Waals surface area contributed by atoms with Gasteiger partial charge in [0, 0.05) is 0 Å². The smallest absolute Gasteiger partial charge is 0.870 e. The quantitative estimate of drug-likeness (QED) is 0.340. The van der Waals surface area contributed by atoms with Crippen molar-refractivity contribution in [1.82, 2.24) is 5.32 Å². The molecule has 1 rings (SSSR count). The number of aliphatic imine (C=N–C) groups is 1. The van der Waals surface area contributed by atoms with Crippen LogP contribution in [0.25, 0.3) is 0 Å². The average Bonchev–Trinajstić information content (AvgIpc) is 2.30. The largest absolute Gasteiger partial charge is 1.00 e. The Morgan fingerprint density at radius 1 is 1.43 bits per heavy atom. The molecule has 21 heavy (non-hydrogen) atoms. The fourth-order valence-electron chi connectivity index (χ4n) is 2.30. The molecule has 0 aliphatic carbocycles. The molecular formula is C11H19N3NaO6-. The van der Waals surface area contributed by atoms with Gasteiger partial charge in [-0.25, -0.2) is 9.79 Å². The molecule has 116 valence electrons. The third-order valence-corrected chi connectivity index (χ3v) is 3.33. The minimum absolute atomic E-state index is 0. The van der Waals surface area contributed by atoms with Gasteiger partial charge in [-0.1, -0.05) is 27.2 Å². The second-order valence-corrected chi connectivity index (χ2v) is 4.27. The van der Waals surface area contributed by atoms with Crippen molar-refractivity contribution in [2.75, 3.05) is 0 Å². The van der Waals surface area contributed by atoms with E-state index in [9.17, 15) is 14.7 Å². The summed E-state index contributed by atoms with van der Waals surface area (Å²) >= 11 is 0. The van der Waals surface area contributed by atoms with E-state index in [4.69, 9.17) is 10.1 Å². The van der Waals surface area contributed by atoms with Gasteiger partial charge in [0.2, 0.25) is 5.91 Å². The van der Waals surface area contributed by atoms with Gasteiger partial charge in [-0.15, -0.1) is 4.91 Å². The molecule has 0 aromatic heterocycles. The molecule has 0 saturated carbocycles. The Labute approximate surface area is 144 Å². The molecule has 0 aromatic carbocycles. The van der Waals surface area contributed by atoms with Gasteiger partial charge >= 0.3 is 35.6 Å². The second-order valence-electron chi connectivity index (χ2n) is 4.27. The van der Waals surface area contributed by atoms with E-state index in [1.807, 2.05) is 13.8 Å². The summed E-state index contributed by atoms with van der Waals surface area (Å²) in [7, 11) is 0. The van der Waals surface area contributed by atoms with Crippen molar-refractivity contribution in [2.24, 2.45) is 21.7 Å². The van der Waals surface area contributed by atoms with Gasteiger partial charge in [0.1, 0.15) is 0 Å². The minimum atomic E-state index is -1.15. The van der Waals surface area contributed by atoms with Gasteiger partial charge in [0.05, 0.1) is 5.41 Å². The Bertz CT molecular complexity index is 390. The van der Waals surface area contributed by atoms with Gasteiger partial charge in [-0.05, 0) is 24.7 Å². The van der Waals surface area contributed by atoms with Crippen molar-refractivity contribution >= 4 is 17.8 Å². The number of nitrogens with zero attached hydrogens (tertiary/aromatic N) is 2. The molecular weight excluding hydrogens is 293 g/mol. The second kappa shape index (κ2) is 11.6. The van der Waals surface area contributed by atoms with Crippen LogP contribution in [-0.2, 0) is 4.79 Å². The summed E-state index contributed by atoms with van der Waals surface area (Å²) in [5.74, 6) is -1.20. The van der Waals surface area contributed by atoms with Crippen LogP contribution in [0.4, 0.5) is 4.79 Å². The third kappa shape index (κ3) is 5.70. The van der Waals surface area contributed by atoms with Crippen LogP contribution in [0.15, 0.2) is 10.3 Å². The van der Waals surface area contributed by atoms with Gasteiger partial charge in [0.15, 0.2) is 5.34 Å². The number of nitrogens with one attached hydrogen (secondary N) is 1. The van der Waals surface area contributed by atoms with E-state index in [2.05, 4.69) is 10.3 Å². The third-order valence-electron chi connectivity index (χ3n) is 3.33. The maximum absolute atomic E-state index is 11.9. The molecule has 0 saturated heterocycles. The Hall–Kier alpha value is -1.03. The number of carbonyl (C=O) groups is 2. The standard InChI is InChI=1S/C11H18N2O3.HNO2.Na.H2O/c1-4-6-7(3)11(5-2)8(14)12-10(16)13-9(11)15;2-1-3;;/h7H,4-6H2,1-3H3,(H2,12,13,14,15,16);(H,2,3);;1H2/q;;+1;/p-2. The van der Waals surface area contributed by atoms with Crippen molar-refractivity contribution in [1.29, 1.82) is 0 Å². The zero-order valence-corrected chi connectivity index (χ0v) is 14.6. The molecule has 0 bridgehead atoms. The minimum Gasteiger partial charge on any atom is -0.870 e. The summed E-state index contributed by atoms with van der Waals surface area (Å²) in [5.41, 5.74) is -1.15. The van der Waals surface area contributed by atoms with Crippen molar-refractivity contribution in [3.8, 4) is 0 Å². The molecule has 0 spiro atoms. The van der Waals surface area contributed by atoms with Gasteiger partial charge in [0.25, 0.3) is 0 Å². The van der Waals surface area contributed by atoms with E-state index in [1.165, 1.54) is 5.34 Å². The van der Waals surface area contributed by atoms with Crippen molar-refractivity contribution in [2.45, 2.75) is 40.0 Å². The predicted molar refractivity (Wildman–Crippen MR) is 67.3 cm³/mol. The number of carbonyl (C=O) groups excluding carboxylic acids is 2. The zero-order valence-electron chi connectivity index (χ0n) is 12.6. The predicted octanol–water partition coefficient (Wildman–Crippen LogP) is -2.20. The van der Waals surface area contributed by atoms with Crippen LogP contribution in [0.5, 0.6) is 0 Å². The number of amides is 3. The molecule has 1 aliphatic rings. The van der Waals surface area contributed by atoms with E-state index in [-0.39, 0.29) is 41.0 Å². The molecule has 3 N–H and O–H groups in total. The monoisotopic (exact) mass is 312 g/mol. The number of rotatable bonds is 4. The zero-order chi connectivity index (χ0) is 15.1. The maximum atomic E-state index is 11.9. The average molecular weight is 312 g/mol. The van der Waals surface area contributed by atoms with Gasteiger partial charge in [-0.3, -0.25) is 10.1 Å². The van der Waals surface area contributed by atoms with Crippen molar-refractivity contribution in [3.63, 3.8) is 0 Å². The first kappa shape index (κ1) is 25.0. The van der Waals surface area contributed by atoms with E-state index < -0.39 is 23.3 Å². The van der Waals surface area contributed by atoms with Crippen LogP contribution in [0.1, 0.15) is 40.0 Å². The Kier molecular flexibility index (Phi) is 13.8. The first-order chi connectivity index (χ1) is 8.90. The van der Waals surface area contributed by atoms with Crippen LogP contribution < -0.4 is 40.0 Å². The molecule has 2 unspecified atom stereocenters. The topological polar surface area (TPSA) is 161 Å². The van der Waals surface area contributed by atoms with Crippen molar-refractivity contribution in [3.05, 3.63) is 4.91 Å². The van der Waals surface area contributed by atoms with Gasteiger partial charge in [-0.2, -0.15) is 0 Å². The maximum Gasteiger partial charge on any atom is 1.00 e. The molecule has 0 radical (unpaired) electrons. The van der Waals surface area contributed by atoms with Crippen LogP contribution in [0.2, 0.25) is 0 Å². The van der Waals surface area contributed by atoms with E-state index >= 15 is 0 Å². The number of imide groups is 1. The SMILES string of the molecule is CCCC(C)C1(CC)C(=O)NC(=O)N=C1[O-].O=NO.[Na+].[OH-]. The molecule has 2 atom stereocenters. The van der Waals surface area contributed by atoms with E-state index in [1.54, 1.807) is 6.92 Å². The Balaban J connectivity index is -0.000000596. The molecule has 3 amide bonds. The van der Waals surface area contributed by atoms with Crippen LogP contribution in [0, 0.1) is 16.2 Å². The fraction of sp³-hybridized carbons (Fsp3) is 0.727. The summed E-state index contributed by atoms with van der Waals surface area (Å²) < 4.78 is 0. The van der Waals surface area contributed by atoms with Crippen LogP contribution in [-0.4, -0.2) is 28.5 Å². The first-order valence-electron chi connectivity index (χ1n) is 5.98. The number of hydrogen-bond donors (Lipinski definition) is 2. The van der Waals surface area contributed by atoms with Crippen LogP contribution >= 0.6 is 0 Å². The van der Waals surface area contributed by atoms with Crippen LogP contribution in [0.3, 0.4) is 0 Å². The summed E-state index contributed by atoms with van der Waals surface area (Å²) in [6, 6.07) is -0.845. The molecule has 0 fully saturated rings. The first-order valence-corrected chi connectivity index (χ1v) is 5.98. The van der Waals surface area contributed by atoms with E-state index in [0.29, 0.717) is 6.42 Å². The fourth-order valence-corrected chi connectivity index (χ4v) is 2.30. The molecule has 1 heterocycles. The Morgan fingerprint density at radius 2 is 1.90 bits per heavy atom. The summed E-state index contributed by atoms with van der Waals surface area (Å²) in [6.07, 6.45) is 2.02. The molecule has 9 nitrogen and oxygen atoms in total. The molecule has 1 aliphatic heterocycles. The molecule has 10 heteroatoms. The number of hydrogen-bond acceptors (Lipinski definition) is 6. The Morgan fingerprint density at radius 3 is 2.24 bits per heavy atom. The summed E-state index contributed by atoms with van der Waals surface area (Å²) in [5, 5.41) is 21.9. The molecule has 0 aromatic rings. The van der Waals surface area contributed by atoms with E-state index in [0.717, 1.165) is 12.8 Å².